The second-order valence-corrected chi connectivity index (χ2v) is 6.79. The first-order valence-corrected chi connectivity index (χ1v) is 8.78. The maximum atomic E-state index is 11.3. The van der Waals surface area contributed by atoms with E-state index < -0.39 is 10.0 Å². The van der Waals surface area contributed by atoms with Crippen LogP contribution in [0.25, 0.3) is 10.8 Å². The molecule has 0 aliphatic heterocycles. The molecule has 0 aromatic heterocycles. The van der Waals surface area contributed by atoms with Gasteiger partial charge in [-0.25, -0.2) is 13.6 Å². The van der Waals surface area contributed by atoms with E-state index in [-0.39, 0.29) is 16.4 Å². The van der Waals surface area contributed by atoms with E-state index in [0.29, 0.717) is 22.1 Å². The molecule has 7 nitrogen and oxygen atoms in total. The summed E-state index contributed by atoms with van der Waals surface area (Å²) in [7, 11) is -2.29. The quantitative estimate of drug-likeness (QED) is 0.694. The lowest BCUT2D eigenvalue weighted by Gasteiger charge is -2.09. The van der Waals surface area contributed by atoms with Crippen molar-refractivity contribution < 1.29 is 18.3 Å². The van der Waals surface area contributed by atoms with Crippen LogP contribution in [0.1, 0.15) is 0 Å². The second-order valence-electron chi connectivity index (χ2n) is 5.23. The summed E-state index contributed by atoms with van der Waals surface area (Å²) in [5.41, 5.74) is 0.976. The van der Waals surface area contributed by atoms with Crippen LogP contribution in [-0.4, -0.2) is 20.6 Å². The lowest BCUT2D eigenvalue weighted by molar-refractivity contribution is 0.376. The zero-order valence-corrected chi connectivity index (χ0v) is 14.1. The third kappa shape index (κ3) is 3.44. The molecule has 0 heterocycles. The minimum Gasteiger partial charge on any atom is -0.504 e. The highest BCUT2D eigenvalue weighted by atomic mass is 32.2. The zero-order chi connectivity index (χ0) is 18.0. The minimum atomic E-state index is -3.75. The molecule has 0 unspecified atom stereocenters. The van der Waals surface area contributed by atoms with E-state index in [1.165, 1.54) is 31.4 Å². The van der Waals surface area contributed by atoms with Gasteiger partial charge in [-0.15, -0.1) is 5.11 Å². The number of sulfonamides is 1. The van der Waals surface area contributed by atoms with Crippen LogP contribution in [0.4, 0.5) is 11.4 Å². The molecule has 0 fully saturated rings. The van der Waals surface area contributed by atoms with E-state index in [1.54, 1.807) is 18.2 Å². The molecule has 0 spiro atoms. The average Bonchev–Trinajstić information content (AvgIpc) is 2.61. The van der Waals surface area contributed by atoms with Gasteiger partial charge in [0, 0.05) is 16.8 Å². The Morgan fingerprint density at radius 1 is 1.00 bits per heavy atom. The van der Waals surface area contributed by atoms with E-state index >= 15 is 0 Å². The van der Waals surface area contributed by atoms with Gasteiger partial charge in [0.15, 0.2) is 11.5 Å². The first kappa shape index (κ1) is 16.9. The number of nitrogens with zero attached hydrogens (tertiary/aromatic N) is 2. The van der Waals surface area contributed by atoms with Crippen molar-refractivity contribution >= 4 is 32.2 Å². The number of primary sulfonamides is 1. The van der Waals surface area contributed by atoms with Crippen LogP contribution < -0.4 is 9.88 Å². The van der Waals surface area contributed by atoms with Crippen molar-refractivity contribution in [3.63, 3.8) is 0 Å². The van der Waals surface area contributed by atoms with Crippen molar-refractivity contribution in [1.29, 1.82) is 0 Å². The predicted molar refractivity (Wildman–Crippen MR) is 94.2 cm³/mol. The van der Waals surface area contributed by atoms with Crippen molar-refractivity contribution in [2.75, 3.05) is 7.11 Å². The van der Waals surface area contributed by atoms with Gasteiger partial charge in [-0.2, -0.15) is 5.11 Å². The lowest BCUT2D eigenvalue weighted by Crippen LogP contribution is -2.11. The molecule has 0 saturated carbocycles. The van der Waals surface area contributed by atoms with Crippen molar-refractivity contribution in [2.45, 2.75) is 4.90 Å². The molecule has 3 aromatic rings. The second kappa shape index (κ2) is 6.50. The number of hydrogen-bond acceptors (Lipinski definition) is 6. The normalized spacial score (nSPS) is 11.9. The summed E-state index contributed by atoms with van der Waals surface area (Å²) in [4.78, 5) is 0.00297. The van der Waals surface area contributed by atoms with Crippen LogP contribution in [-0.2, 0) is 10.0 Å². The first-order valence-electron chi connectivity index (χ1n) is 7.23. The molecule has 3 aromatic carbocycles. The van der Waals surface area contributed by atoms with E-state index in [0.717, 1.165) is 0 Å². The van der Waals surface area contributed by atoms with Gasteiger partial charge in [0.2, 0.25) is 10.0 Å². The van der Waals surface area contributed by atoms with E-state index in [1.807, 2.05) is 12.1 Å². The molecule has 0 atom stereocenters. The molecule has 8 heteroatoms. The van der Waals surface area contributed by atoms with Crippen molar-refractivity contribution in [3.8, 4) is 11.5 Å². The number of methoxy groups -OCH3 is 1. The third-order valence-corrected chi connectivity index (χ3v) is 4.55. The lowest BCUT2D eigenvalue weighted by atomic mass is 10.1. The predicted octanol–water partition coefficient (Wildman–Crippen LogP) is 3.62. The highest BCUT2D eigenvalue weighted by Gasteiger charge is 2.11. The number of fused-ring (bicyclic) bond motifs is 1. The molecule has 0 aliphatic rings. The molecule has 0 saturated heterocycles. The number of rotatable bonds is 4. The number of phenols is 1. The molecular formula is C17H15N3O4S. The van der Waals surface area contributed by atoms with E-state index in [4.69, 9.17) is 9.88 Å². The molecular weight excluding hydrogens is 342 g/mol. The fraction of sp³-hybridized carbons (Fsp3) is 0.0588. The summed E-state index contributed by atoms with van der Waals surface area (Å²) in [6.45, 7) is 0. The number of benzene rings is 3. The number of aromatic hydroxyl groups is 1. The van der Waals surface area contributed by atoms with Crippen LogP contribution in [0.15, 0.2) is 69.7 Å². The van der Waals surface area contributed by atoms with Crippen molar-refractivity contribution in [3.05, 3.63) is 54.6 Å². The van der Waals surface area contributed by atoms with Crippen molar-refractivity contribution in [1.82, 2.24) is 0 Å². The molecule has 0 amide bonds. The van der Waals surface area contributed by atoms with E-state index in [9.17, 15) is 13.5 Å². The fourth-order valence-electron chi connectivity index (χ4n) is 2.37. The van der Waals surface area contributed by atoms with Gasteiger partial charge in [0.25, 0.3) is 0 Å². The maximum Gasteiger partial charge on any atom is 0.238 e. The summed E-state index contributed by atoms with van der Waals surface area (Å²) in [6, 6.07) is 14.5. The van der Waals surface area contributed by atoms with Crippen LogP contribution in [0, 0.1) is 0 Å². The number of azo groups is 1. The maximum absolute atomic E-state index is 11.3. The van der Waals surface area contributed by atoms with E-state index in [2.05, 4.69) is 10.2 Å². The Morgan fingerprint density at radius 2 is 1.64 bits per heavy atom. The topological polar surface area (TPSA) is 114 Å². The van der Waals surface area contributed by atoms with Crippen LogP contribution in [0.3, 0.4) is 0 Å². The van der Waals surface area contributed by atoms with Crippen molar-refractivity contribution in [2.24, 2.45) is 15.4 Å². The Hall–Kier alpha value is -2.97. The molecule has 128 valence electrons. The summed E-state index contributed by atoms with van der Waals surface area (Å²) in [6.07, 6.45) is 0. The van der Waals surface area contributed by atoms with Gasteiger partial charge >= 0.3 is 0 Å². The van der Waals surface area contributed by atoms with Gasteiger partial charge in [0.05, 0.1) is 23.4 Å². The Labute approximate surface area is 144 Å². The highest BCUT2D eigenvalue weighted by Crippen LogP contribution is 2.40. The van der Waals surface area contributed by atoms with Crippen LogP contribution in [0.5, 0.6) is 11.5 Å². The standard InChI is InChI=1S/C17H15N3O4S/c1-24-16-10-15(13-4-2-3-5-14(13)17(16)21)20-19-11-6-8-12(9-7-11)25(18,22)23/h2-10,21H,1H3,(H2,18,22,23). The van der Waals surface area contributed by atoms with Gasteiger partial charge in [0.1, 0.15) is 0 Å². The van der Waals surface area contributed by atoms with Crippen LogP contribution in [0.2, 0.25) is 0 Å². The molecule has 0 bridgehead atoms. The summed E-state index contributed by atoms with van der Waals surface area (Å²) < 4.78 is 27.7. The molecule has 0 aliphatic carbocycles. The highest BCUT2D eigenvalue weighted by molar-refractivity contribution is 7.89. The SMILES string of the molecule is COc1cc(N=Nc2ccc(S(N)(=O)=O)cc2)c2ccccc2c1O. The van der Waals surface area contributed by atoms with Gasteiger partial charge in [-0.05, 0) is 24.3 Å². The molecule has 0 radical (unpaired) electrons. The summed E-state index contributed by atoms with van der Waals surface area (Å²) >= 11 is 0. The number of ether oxygens (including phenoxy) is 1. The van der Waals surface area contributed by atoms with Gasteiger partial charge in [-0.3, -0.25) is 0 Å². The molecule has 3 N–H and O–H groups in total. The van der Waals surface area contributed by atoms with Gasteiger partial charge in [-0.1, -0.05) is 24.3 Å². The third-order valence-electron chi connectivity index (χ3n) is 3.62. The number of hydrogen-bond donors (Lipinski definition) is 2. The molecule has 25 heavy (non-hydrogen) atoms. The molecule has 3 rings (SSSR count). The Balaban J connectivity index is 2.03. The average molecular weight is 357 g/mol. The first-order chi connectivity index (χ1) is 11.9. The Bertz CT molecular complexity index is 1060. The summed E-state index contributed by atoms with van der Waals surface area (Å²) in [5, 5.41) is 24.9. The van der Waals surface area contributed by atoms with Gasteiger partial charge < -0.3 is 9.84 Å². The minimum absolute atomic E-state index is 0.00297. The van der Waals surface area contributed by atoms with Crippen LogP contribution >= 0.6 is 0 Å². The summed E-state index contributed by atoms with van der Waals surface area (Å²) in [5.74, 6) is 0.326. The number of phenolic OH excluding ortho intramolecular Hbond substituents is 1. The fourth-order valence-corrected chi connectivity index (χ4v) is 2.88. The largest absolute Gasteiger partial charge is 0.504 e. The Kier molecular flexibility index (Phi) is 4.39. The zero-order valence-electron chi connectivity index (χ0n) is 13.2. The smallest absolute Gasteiger partial charge is 0.238 e. The monoisotopic (exact) mass is 357 g/mol. The Morgan fingerprint density at radius 3 is 2.24 bits per heavy atom. The number of nitrogens with two attached hydrogens (primary N) is 1.